The zero-order valence-corrected chi connectivity index (χ0v) is 12.1. The van der Waals surface area contributed by atoms with Crippen LogP contribution in [0.15, 0.2) is 18.2 Å². The van der Waals surface area contributed by atoms with Gasteiger partial charge in [0.05, 0.1) is 5.69 Å². The summed E-state index contributed by atoms with van der Waals surface area (Å²) in [5.41, 5.74) is 7.45. The molecule has 1 aromatic carbocycles. The molecule has 2 N–H and O–H groups in total. The Kier molecular flexibility index (Phi) is 4.17. The van der Waals surface area contributed by atoms with Crippen LogP contribution < -0.4 is 10.5 Å². The maximum atomic E-state index is 13.8. The fourth-order valence-corrected chi connectivity index (χ4v) is 2.50. The molecule has 0 amide bonds. The minimum absolute atomic E-state index is 0.187. The second kappa shape index (κ2) is 5.67. The molecule has 3 nitrogen and oxygen atoms in total. The van der Waals surface area contributed by atoms with Crippen LogP contribution in [0.1, 0.15) is 34.1 Å². The quantitative estimate of drug-likeness (QED) is 0.932. The van der Waals surface area contributed by atoms with Crippen LogP contribution >= 0.6 is 11.3 Å². The maximum absolute atomic E-state index is 13.8. The summed E-state index contributed by atoms with van der Waals surface area (Å²) in [4.78, 5) is 5.51. The zero-order valence-electron chi connectivity index (χ0n) is 11.2. The average Bonchev–Trinajstić information content (AvgIpc) is 2.67. The molecule has 1 heterocycles. The van der Waals surface area contributed by atoms with E-state index >= 15 is 0 Å². The van der Waals surface area contributed by atoms with Crippen molar-refractivity contribution < 1.29 is 9.13 Å². The van der Waals surface area contributed by atoms with E-state index in [-0.39, 0.29) is 24.2 Å². The van der Waals surface area contributed by atoms with Gasteiger partial charge in [-0.15, -0.1) is 11.3 Å². The minimum Gasteiger partial charge on any atom is -0.483 e. The number of halogens is 1. The molecule has 2 rings (SSSR count). The van der Waals surface area contributed by atoms with E-state index < -0.39 is 0 Å². The number of benzene rings is 1. The number of nitrogens with two attached hydrogens (primary N) is 1. The fraction of sp³-hybridized carbons (Fsp3) is 0.357. The van der Waals surface area contributed by atoms with Crippen LogP contribution in [0, 0.1) is 19.7 Å². The average molecular weight is 280 g/mol. The first kappa shape index (κ1) is 14.0. The van der Waals surface area contributed by atoms with Gasteiger partial charge in [-0.1, -0.05) is 6.07 Å². The van der Waals surface area contributed by atoms with E-state index in [4.69, 9.17) is 10.5 Å². The van der Waals surface area contributed by atoms with Gasteiger partial charge < -0.3 is 10.5 Å². The standard InChI is InChI=1S/C14H17FN2OS/c1-8(16)11-4-5-13(12(15)6-11)18-7-14-17-9(2)10(3)19-14/h4-6,8H,7,16H2,1-3H3/t8-/m1/s1. The SMILES string of the molecule is Cc1nc(COc2ccc([C@@H](C)N)cc2F)sc1C. The van der Waals surface area contributed by atoms with E-state index in [2.05, 4.69) is 4.98 Å². The Morgan fingerprint density at radius 2 is 2.16 bits per heavy atom. The highest BCUT2D eigenvalue weighted by Gasteiger charge is 2.09. The fourth-order valence-electron chi connectivity index (χ4n) is 1.66. The van der Waals surface area contributed by atoms with Crippen molar-refractivity contribution in [2.45, 2.75) is 33.4 Å². The summed E-state index contributed by atoms with van der Waals surface area (Å²) in [6, 6.07) is 4.62. The second-order valence-corrected chi connectivity index (χ2v) is 5.80. The van der Waals surface area contributed by atoms with E-state index in [0.29, 0.717) is 0 Å². The Morgan fingerprint density at radius 3 is 2.68 bits per heavy atom. The lowest BCUT2D eigenvalue weighted by Crippen LogP contribution is -2.06. The van der Waals surface area contributed by atoms with Crippen LogP contribution in [0.4, 0.5) is 4.39 Å². The first-order valence-electron chi connectivity index (χ1n) is 6.08. The summed E-state index contributed by atoms with van der Waals surface area (Å²) in [6.45, 7) is 6.06. The van der Waals surface area contributed by atoms with E-state index in [0.717, 1.165) is 21.1 Å². The van der Waals surface area contributed by atoms with Crippen molar-refractivity contribution >= 4 is 11.3 Å². The van der Waals surface area contributed by atoms with E-state index in [1.165, 1.54) is 6.07 Å². The Hall–Kier alpha value is -1.46. The van der Waals surface area contributed by atoms with Crippen molar-refractivity contribution in [3.63, 3.8) is 0 Å². The van der Waals surface area contributed by atoms with E-state index in [9.17, 15) is 4.39 Å². The molecule has 0 aliphatic carbocycles. The van der Waals surface area contributed by atoms with Gasteiger partial charge in [-0.05, 0) is 38.5 Å². The summed E-state index contributed by atoms with van der Waals surface area (Å²) in [6.07, 6.45) is 0. The number of aromatic nitrogens is 1. The molecule has 0 radical (unpaired) electrons. The molecule has 1 atom stereocenters. The lowest BCUT2D eigenvalue weighted by molar-refractivity contribution is 0.289. The highest BCUT2D eigenvalue weighted by molar-refractivity contribution is 7.11. The largest absolute Gasteiger partial charge is 0.483 e. The zero-order chi connectivity index (χ0) is 14.0. The molecule has 0 bridgehead atoms. The summed E-state index contributed by atoms with van der Waals surface area (Å²) >= 11 is 1.57. The van der Waals surface area contributed by atoms with Crippen LogP contribution in [-0.2, 0) is 6.61 Å². The molecular weight excluding hydrogens is 263 g/mol. The van der Waals surface area contributed by atoms with Gasteiger partial charge in [-0.2, -0.15) is 0 Å². The van der Waals surface area contributed by atoms with E-state index in [1.54, 1.807) is 23.5 Å². The van der Waals surface area contributed by atoms with Gasteiger partial charge in [0.15, 0.2) is 11.6 Å². The highest BCUT2D eigenvalue weighted by atomic mass is 32.1. The normalized spacial score (nSPS) is 12.5. The lowest BCUT2D eigenvalue weighted by atomic mass is 10.1. The number of nitrogens with zero attached hydrogens (tertiary/aromatic N) is 1. The molecule has 0 saturated heterocycles. The third-order valence-electron chi connectivity index (χ3n) is 2.91. The number of hydrogen-bond donors (Lipinski definition) is 1. The predicted octanol–water partition coefficient (Wildman–Crippen LogP) is 3.50. The first-order chi connectivity index (χ1) is 8.97. The van der Waals surface area contributed by atoms with E-state index in [1.807, 2.05) is 20.8 Å². The molecule has 0 unspecified atom stereocenters. The van der Waals surface area contributed by atoms with Crippen LogP contribution in [-0.4, -0.2) is 4.98 Å². The van der Waals surface area contributed by atoms with Crippen molar-refractivity contribution in [1.82, 2.24) is 4.98 Å². The predicted molar refractivity (Wildman–Crippen MR) is 74.9 cm³/mol. The van der Waals surface area contributed by atoms with Gasteiger partial charge in [-0.3, -0.25) is 0 Å². The Balaban J connectivity index is 2.07. The molecule has 0 fully saturated rings. The number of hydrogen-bond acceptors (Lipinski definition) is 4. The molecule has 0 saturated carbocycles. The van der Waals surface area contributed by atoms with Gasteiger partial charge in [0.2, 0.25) is 0 Å². The number of ether oxygens (including phenoxy) is 1. The van der Waals surface area contributed by atoms with Gasteiger partial charge in [0.1, 0.15) is 11.6 Å². The molecule has 2 aromatic rings. The molecule has 0 aliphatic heterocycles. The molecule has 0 aliphatic rings. The highest BCUT2D eigenvalue weighted by Crippen LogP contribution is 2.23. The molecular formula is C14H17FN2OS. The summed E-state index contributed by atoms with van der Waals surface area (Å²) in [5.74, 6) is -0.158. The van der Waals surface area contributed by atoms with Crippen LogP contribution in [0.25, 0.3) is 0 Å². The molecule has 5 heteroatoms. The van der Waals surface area contributed by atoms with Crippen LogP contribution in [0.2, 0.25) is 0 Å². The van der Waals surface area contributed by atoms with Crippen LogP contribution in [0.3, 0.4) is 0 Å². The Labute approximate surface area is 116 Å². The Morgan fingerprint density at radius 1 is 1.42 bits per heavy atom. The lowest BCUT2D eigenvalue weighted by Gasteiger charge is -2.09. The van der Waals surface area contributed by atoms with Gasteiger partial charge in [-0.25, -0.2) is 9.37 Å². The maximum Gasteiger partial charge on any atom is 0.165 e. The minimum atomic E-state index is -0.389. The topological polar surface area (TPSA) is 48.1 Å². The molecule has 0 spiro atoms. The summed E-state index contributed by atoms with van der Waals surface area (Å²) in [5, 5.41) is 0.852. The summed E-state index contributed by atoms with van der Waals surface area (Å²) < 4.78 is 19.3. The monoisotopic (exact) mass is 280 g/mol. The third-order valence-corrected chi connectivity index (χ3v) is 3.95. The van der Waals surface area contributed by atoms with Crippen molar-refractivity contribution in [2.75, 3.05) is 0 Å². The number of thiazole rings is 1. The van der Waals surface area contributed by atoms with Gasteiger partial charge in [0.25, 0.3) is 0 Å². The Bertz CT molecular complexity index is 561. The van der Waals surface area contributed by atoms with Crippen molar-refractivity contribution in [3.05, 3.63) is 45.2 Å². The summed E-state index contributed by atoms with van der Waals surface area (Å²) in [7, 11) is 0. The van der Waals surface area contributed by atoms with Crippen LogP contribution in [0.5, 0.6) is 5.75 Å². The smallest absolute Gasteiger partial charge is 0.165 e. The van der Waals surface area contributed by atoms with Gasteiger partial charge in [0, 0.05) is 10.9 Å². The van der Waals surface area contributed by atoms with Gasteiger partial charge >= 0.3 is 0 Å². The molecule has 102 valence electrons. The third kappa shape index (κ3) is 3.30. The molecule has 19 heavy (non-hydrogen) atoms. The first-order valence-corrected chi connectivity index (χ1v) is 6.89. The molecule has 1 aromatic heterocycles. The van der Waals surface area contributed by atoms with Crippen molar-refractivity contribution in [1.29, 1.82) is 0 Å². The van der Waals surface area contributed by atoms with Crippen molar-refractivity contribution in [3.8, 4) is 5.75 Å². The number of aryl methyl sites for hydroxylation is 2. The van der Waals surface area contributed by atoms with Crippen molar-refractivity contribution in [2.24, 2.45) is 5.73 Å². The second-order valence-electron chi connectivity index (χ2n) is 4.52. The number of rotatable bonds is 4.